The van der Waals surface area contributed by atoms with Gasteiger partial charge in [0.2, 0.25) is 0 Å². The van der Waals surface area contributed by atoms with Gasteiger partial charge in [-0.2, -0.15) is 0 Å². The van der Waals surface area contributed by atoms with Crippen molar-refractivity contribution in [1.29, 1.82) is 0 Å². The van der Waals surface area contributed by atoms with Gasteiger partial charge in [0.05, 0.1) is 4.92 Å². The molecule has 102 valence electrons. The zero-order valence-corrected chi connectivity index (χ0v) is 11.1. The molecule has 0 bridgehead atoms. The van der Waals surface area contributed by atoms with E-state index >= 15 is 0 Å². The summed E-state index contributed by atoms with van der Waals surface area (Å²) in [4.78, 5) is 26.7. The zero-order chi connectivity index (χ0) is 14.0. The molecular weight excluding hydrogens is 246 g/mol. The smallest absolute Gasteiger partial charge is 0.273 e. The third-order valence-corrected chi connectivity index (χ3v) is 3.52. The average molecular weight is 263 g/mol. The van der Waals surface area contributed by atoms with Crippen molar-refractivity contribution in [3.63, 3.8) is 0 Å². The highest BCUT2D eigenvalue weighted by Gasteiger charge is 2.24. The molecule has 1 saturated heterocycles. The molecule has 1 aliphatic rings. The van der Waals surface area contributed by atoms with Gasteiger partial charge in [-0.3, -0.25) is 14.9 Å². The fourth-order valence-corrected chi connectivity index (χ4v) is 2.23. The van der Waals surface area contributed by atoms with Crippen LogP contribution in [0.5, 0.6) is 0 Å². The van der Waals surface area contributed by atoms with Crippen molar-refractivity contribution < 1.29 is 9.72 Å². The normalized spacial score (nSPS) is 16.4. The topological polar surface area (TPSA) is 66.7 Å². The Morgan fingerprint density at radius 2 is 1.89 bits per heavy atom. The molecule has 0 N–H and O–H groups in total. The van der Waals surface area contributed by atoms with Gasteiger partial charge in [0, 0.05) is 43.4 Å². The second kappa shape index (κ2) is 5.36. The Morgan fingerprint density at radius 3 is 2.47 bits per heavy atom. The Kier molecular flexibility index (Phi) is 3.80. The van der Waals surface area contributed by atoms with Crippen LogP contribution in [0.2, 0.25) is 0 Å². The van der Waals surface area contributed by atoms with Crippen LogP contribution < -0.4 is 0 Å². The molecule has 1 aromatic rings. The van der Waals surface area contributed by atoms with E-state index in [9.17, 15) is 14.9 Å². The highest BCUT2D eigenvalue weighted by atomic mass is 16.6. The molecule has 0 aliphatic carbocycles. The van der Waals surface area contributed by atoms with Crippen molar-refractivity contribution in [3.8, 4) is 0 Å². The third kappa shape index (κ3) is 2.73. The number of piperazine rings is 1. The lowest BCUT2D eigenvalue weighted by molar-refractivity contribution is -0.385. The van der Waals surface area contributed by atoms with Crippen LogP contribution in [-0.2, 0) is 0 Å². The monoisotopic (exact) mass is 263 g/mol. The van der Waals surface area contributed by atoms with E-state index in [0.717, 1.165) is 13.1 Å². The molecule has 6 nitrogen and oxygen atoms in total. The van der Waals surface area contributed by atoms with E-state index in [2.05, 4.69) is 4.90 Å². The summed E-state index contributed by atoms with van der Waals surface area (Å²) in [5.41, 5.74) is 0.871. The van der Waals surface area contributed by atoms with Gasteiger partial charge in [-0.15, -0.1) is 0 Å². The summed E-state index contributed by atoms with van der Waals surface area (Å²) in [7, 11) is 2.01. The number of likely N-dealkylation sites (N-methyl/N-ethyl adjacent to an activating group) is 1. The lowest BCUT2D eigenvalue weighted by Crippen LogP contribution is -2.47. The van der Waals surface area contributed by atoms with E-state index in [-0.39, 0.29) is 11.6 Å². The first-order valence-corrected chi connectivity index (χ1v) is 6.22. The van der Waals surface area contributed by atoms with Gasteiger partial charge in [-0.05, 0) is 20.0 Å². The predicted octanol–water partition coefficient (Wildman–Crippen LogP) is 1.29. The van der Waals surface area contributed by atoms with Crippen molar-refractivity contribution in [3.05, 3.63) is 39.4 Å². The van der Waals surface area contributed by atoms with E-state index in [1.807, 2.05) is 7.05 Å². The number of amides is 1. The summed E-state index contributed by atoms with van der Waals surface area (Å²) in [5, 5.41) is 10.9. The zero-order valence-electron chi connectivity index (χ0n) is 11.1. The number of nitro benzene ring substituents is 1. The fourth-order valence-electron chi connectivity index (χ4n) is 2.23. The van der Waals surface area contributed by atoms with E-state index in [4.69, 9.17) is 0 Å². The van der Waals surface area contributed by atoms with Crippen LogP contribution >= 0.6 is 0 Å². The van der Waals surface area contributed by atoms with E-state index in [1.54, 1.807) is 24.0 Å². The molecule has 1 aliphatic heterocycles. The standard InChI is InChI=1S/C13H17N3O3/c1-10-11(4-3-5-12(10)16(18)19)13(17)15-8-6-14(2)7-9-15/h3-5H,6-9H2,1-2H3. The first-order valence-electron chi connectivity index (χ1n) is 6.22. The number of benzene rings is 1. The summed E-state index contributed by atoms with van der Waals surface area (Å²) in [6.07, 6.45) is 0. The van der Waals surface area contributed by atoms with Crippen LogP contribution in [0.3, 0.4) is 0 Å². The number of hydrogen-bond acceptors (Lipinski definition) is 4. The van der Waals surface area contributed by atoms with Gasteiger partial charge in [-0.25, -0.2) is 0 Å². The van der Waals surface area contributed by atoms with Gasteiger partial charge in [0.1, 0.15) is 0 Å². The maximum Gasteiger partial charge on any atom is 0.273 e. The molecule has 0 spiro atoms. The maximum absolute atomic E-state index is 12.4. The van der Waals surface area contributed by atoms with Crippen LogP contribution in [0.15, 0.2) is 18.2 Å². The van der Waals surface area contributed by atoms with Crippen molar-refractivity contribution in [2.45, 2.75) is 6.92 Å². The second-order valence-electron chi connectivity index (χ2n) is 4.80. The molecular formula is C13H17N3O3. The van der Waals surface area contributed by atoms with Gasteiger partial charge < -0.3 is 9.80 Å². The SMILES string of the molecule is Cc1c(C(=O)N2CCN(C)CC2)cccc1[N+](=O)[O-]. The van der Waals surface area contributed by atoms with Crippen LogP contribution in [-0.4, -0.2) is 53.9 Å². The highest BCUT2D eigenvalue weighted by molar-refractivity contribution is 5.96. The number of nitro groups is 1. The molecule has 6 heteroatoms. The minimum Gasteiger partial charge on any atom is -0.336 e. The Morgan fingerprint density at radius 1 is 1.26 bits per heavy atom. The average Bonchev–Trinajstić information content (AvgIpc) is 2.38. The molecule has 1 fully saturated rings. The van der Waals surface area contributed by atoms with Crippen LogP contribution in [0.4, 0.5) is 5.69 Å². The van der Waals surface area contributed by atoms with Gasteiger partial charge in [0.15, 0.2) is 0 Å². The van der Waals surface area contributed by atoms with E-state index in [1.165, 1.54) is 6.07 Å². The molecule has 0 saturated carbocycles. The Hall–Kier alpha value is -1.95. The number of carbonyl (C=O) groups excluding carboxylic acids is 1. The number of rotatable bonds is 2. The van der Waals surface area contributed by atoms with Crippen molar-refractivity contribution in [2.75, 3.05) is 33.2 Å². The van der Waals surface area contributed by atoms with Crippen LogP contribution in [0, 0.1) is 17.0 Å². The number of carbonyl (C=O) groups is 1. The molecule has 2 rings (SSSR count). The van der Waals surface area contributed by atoms with Crippen molar-refractivity contribution >= 4 is 11.6 Å². The lowest BCUT2D eigenvalue weighted by atomic mass is 10.1. The number of hydrogen-bond donors (Lipinski definition) is 0. The molecule has 0 unspecified atom stereocenters. The van der Waals surface area contributed by atoms with Crippen LogP contribution in [0.25, 0.3) is 0 Å². The largest absolute Gasteiger partial charge is 0.336 e. The minimum atomic E-state index is -0.448. The third-order valence-electron chi connectivity index (χ3n) is 3.52. The molecule has 19 heavy (non-hydrogen) atoms. The Bertz CT molecular complexity index is 508. The fraction of sp³-hybridized carbons (Fsp3) is 0.462. The summed E-state index contributed by atoms with van der Waals surface area (Å²) in [6, 6.07) is 4.65. The van der Waals surface area contributed by atoms with Gasteiger partial charge >= 0.3 is 0 Å². The summed E-state index contributed by atoms with van der Waals surface area (Å²) in [6.45, 7) is 4.62. The van der Waals surface area contributed by atoms with E-state index < -0.39 is 4.92 Å². The quantitative estimate of drug-likeness (QED) is 0.595. The van der Waals surface area contributed by atoms with Gasteiger partial charge in [0.25, 0.3) is 11.6 Å². The summed E-state index contributed by atoms with van der Waals surface area (Å²) >= 11 is 0. The molecule has 1 aromatic carbocycles. The first kappa shape index (κ1) is 13.5. The predicted molar refractivity (Wildman–Crippen MR) is 71.2 cm³/mol. The molecule has 0 atom stereocenters. The number of nitrogens with zero attached hydrogens (tertiary/aromatic N) is 3. The lowest BCUT2D eigenvalue weighted by Gasteiger charge is -2.32. The molecule has 1 amide bonds. The first-order chi connectivity index (χ1) is 9.00. The van der Waals surface area contributed by atoms with Crippen molar-refractivity contribution in [2.24, 2.45) is 0 Å². The van der Waals surface area contributed by atoms with E-state index in [0.29, 0.717) is 24.2 Å². The highest BCUT2D eigenvalue weighted by Crippen LogP contribution is 2.22. The summed E-state index contributed by atoms with van der Waals surface area (Å²) < 4.78 is 0. The maximum atomic E-state index is 12.4. The Balaban J connectivity index is 2.24. The van der Waals surface area contributed by atoms with Crippen LogP contribution in [0.1, 0.15) is 15.9 Å². The summed E-state index contributed by atoms with van der Waals surface area (Å²) in [5.74, 6) is -0.116. The Labute approximate surface area is 111 Å². The minimum absolute atomic E-state index is 0.0000208. The second-order valence-corrected chi connectivity index (χ2v) is 4.80. The van der Waals surface area contributed by atoms with Gasteiger partial charge in [-0.1, -0.05) is 6.07 Å². The molecule has 0 aromatic heterocycles. The van der Waals surface area contributed by atoms with Crippen molar-refractivity contribution in [1.82, 2.24) is 9.80 Å². The molecule has 0 radical (unpaired) electrons. The molecule has 1 heterocycles.